The monoisotopic (exact) mass is 306 g/mol. The Bertz CT molecular complexity index is 722. The molecule has 0 aliphatic rings. The molecular formula is C14H14N2O6. The van der Waals surface area contributed by atoms with E-state index >= 15 is 0 Å². The van der Waals surface area contributed by atoms with E-state index in [9.17, 15) is 14.9 Å². The number of aryl methyl sites for hydroxylation is 1. The van der Waals surface area contributed by atoms with Crippen LogP contribution >= 0.6 is 0 Å². The van der Waals surface area contributed by atoms with Crippen LogP contribution < -0.4 is 4.74 Å². The van der Waals surface area contributed by atoms with Gasteiger partial charge in [0.15, 0.2) is 0 Å². The van der Waals surface area contributed by atoms with Crippen LogP contribution in [0, 0.1) is 17.0 Å². The Morgan fingerprint density at radius 2 is 2.18 bits per heavy atom. The number of nitro benzene ring substituents is 1. The second kappa shape index (κ2) is 6.25. The molecule has 1 aromatic carbocycles. The van der Waals surface area contributed by atoms with Crippen molar-refractivity contribution in [1.82, 2.24) is 5.16 Å². The molecule has 0 N–H and O–H groups in total. The number of rotatable bonds is 5. The highest BCUT2D eigenvalue weighted by Crippen LogP contribution is 2.35. The Morgan fingerprint density at radius 1 is 1.45 bits per heavy atom. The summed E-state index contributed by atoms with van der Waals surface area (Å²) >= 11 is 0. The summed E-state index contributed by atoms with van der Waals surface area (Å²) in [6, 6.07) is 4.26. The largest absolute Gasteiger partial charge is 0.497 e. The summed E-state index contributed by atoms with van der Waals surface area (Å²) in [7, 11) is 1.41. The quantitative estimate of drug-likeness (QED) is 0.475. The summed E-state index contributed by atoms with van der Waals surface area (Å²) in [6.07, 6.45) is 0. The van der Waals surface area contributed by atoms with Crippen LogP contribution in [0.1, 0.15) is 23.0 Å². The van der Waals surface area contributed by atoms with Crippen molar-refractivity contribution in [2.75, 3.05) is 13.7 Å². The Kier molecular flexibility index (Phi) is 4.40. The fourth-order valence-electron chi connectivity index (χ4n) is 1.99. The number of hydrogen-bond acceptors (Lipinski definition) is 7. The maximum Gasteiger partial charge on any atom is 0.344 e. The minimum atomic E-state index is -0.638. The van der Waals surface area contributed by atoms with Crippen molar-refractivity contribution in [3.8, 4) is 17.0 Å². The molecule has 2 aromatic rings. The molecule has 0 aliphatic heterocycles. The lowest BCUT2D eigenvalue weighted by Crippen LogP contribution is -2.07. The summed E-state index contributed by atoms with van der Waals surface area (Å²) in [6.45, 7) is 3.38. The molecule has 0 saturated carbocycles. The predicted molar refractivity (Wildman–Crippen MR) is 75.8 cm³/mol. The van der Waals surface area contributed by atoms with Crippen LogP contribution in [0.15, 0.2) is 22.7 Å². The van der Waals surface area contributed by atoms with Crippen LogP contribution in [-0.4, -0.2) is 29.8 Å². The lowest BCUT2D eigenvalue weighted by atomic mass is 10.0. The Morgan fingerprint density at radius 3 is 2.77 bits per heavy atom. The minimum Gasteiger partial charge on any atom is -0.497 e. The molecule has 0 radical (unpaired) electrons. The number of benzene rings is 1. The molecule has 2 rings (SSSR count). The summed E-state index contributed by atoms with van der Waals surface area (Å²) in [5.41, 5.74) is 0.0734. The van der Waals surface area contributed by atoms with E-state index in [1.54, 1.807) is 13.0 Å². The third kappa shape index (κ3) is 2.76. The number of carbonyl (C=O) groups excluding carboxylic acids is 1. The van der Waals surface area contributed by atoms with Gasteiger partial charge in [-0.05, 0) is 26.0 Å². The van der Waals surface area contributed by atoms with Gasteiger partial charge in [-0.15, -0.1) is 0 Å². The van der Waals surface area contributed by atoms with Crippen LogP contribution in [0.25, 0.3) is 11.3 Å². The fourth-order valence-corrected chi connectivity index (χ4v) is 1.99. The molecule has 0 saturated heterocycles. The number of hydrogen-bond donors (Lipinski definition) is 0. The Balaban J connectivity index is 2.62. The average Bonchev–Trinajstić information content (AvgIpc) is 2.88. The van der Waals surface area contributed by atoms with Gasteiger partial charge in [-0.3, -0.25) is 10.1 Å². The van der Waals surface area contributed by atoms with Crippen LogP contribution in [0.3, 0.4) is 0 Å². The van der Waals surface area contributed by atoms with Gasteiger partial charge in [0.1, 0.15) is 22.8 Å². The first-order valence-electron chi connectivity index (χ1n) is 6.45. The molecule has 1 aromatic heterocycles. The molecule has 0 atom stereocenters. The van der Waals surface area contributed by atoms with Crippen LogP contribution in [0.2, 0.25) is 0 Å². The van der Waals surface area contributed by atoms with Gasteiger partial charge in [-0.2, -0.15) is 0 Å². The maximum absolute atomic E-state index is 12.0. The number of ether oxygens (including phenoxy) is 2. The van der Waals surface area contributed by atoms with E-state index in [4.69, 9.17) is 14.0 Å². The zero-order valence-electron chi connectivity index (χ0n) is 12.3. The summed E-state index contributed by atoms with van der Waals surface area (Å²) < 4.78 is 14.9. The van der Waals surface area contributed by atoms with Gasteiger partial charge < -0.3 is 14.0 Å². The molecular weight excluding hydrogens is 292 g/mol. The first-order chi connectivity index (χ1) is 10.5. The van der Waals surface area contributed by atoms with Gasteiger partial charge in [0.2, 0.25) is 0 Å². The molecule has 8 heteroatoms. The SMILES string of the molecule is CCOC(=O)c1c(-c2ccc(OC)cc2[N+](=O)[O-])noc1C. The second-order valence-corrected chi connectivity index (χ2v) is 4.32. The van der Waals surface area contributed by atoms with Crippen molar-refractivity contribution < 1.29 is 23.7 Å². The summed E-state index contributed by atoms with van der Waals surface area (Å²) in [5, 5.41) is 15.0. The van der Waals surface area contributed by atoms with Crippen molar-refractivity contribution in [1.29, 1.82) is 0 Å². The van der Waals surface area contributed by atoms with Crippen LogP contribution in [0.4, 0.5) is 5.69 Å². The third-order valence-corrected chi connectivity index (χ3v) is 3.00. The topological polar surface area (TPSA) is 105 Å². The Hall–Kier alpha value is -2.90. The maximum atomic E-state index is 12.0. The van der Waals surface area contributed by atoms with E-state index in [0.717, 1.165) is 0 Å². The fraction of sp³-hybridized carbons (Fsp3) is 0.286. The number of nitro groups is 1. The van der Waals surface area contributed by atoms with Crippen LogP contribution in [-0.2, 0) is 4.74 Å². The molecule has 0 unspecified atom stereocenters. The van der Waals surface area contributed by atoms with Crippen molar-refractivity contribution in [2.45, 2.75) is 13.8 Å². The van der Waals surface area contributed by atoms with E-state index in [2.05, 4.69) is 5.16 Å². The molecule has 8 nitrogen and oxygen atoms in total. The standard InChI is InChI=1S/C14H14N2O6/c1-4-21-14(17)12-8(2)22-15-13(12)10-6-5-9(20-3)7-11(10)16(18)19/h5-7H,4H2,1-3H3. The molecule has 0 spiro atoms. The zero-order valence-corrected chi connectivity index (χ0v) is 12.3. The van der Waals surface area contributed by atoms with Crippen molar-refractivity contribution >= 4 is 11.7 Å². The molecule has 1 heterocycles. The van der Waals surface area contributed by atoms with Gasteiger partial charge in [-0.1, -0.05) is 5.16 Å². The predicted octanol–water partition coefficient (Wildman–Crippen LogP) is 2.74. The molecule has 22 heavy (non-hydrogen) atoms. The molecule has 0 bridgehead atoms. The number of methoxy groups -OCH3 is 1. The van der Waals surface area contributed by atoms with E-state index < -0.39 is 10.9 Å². The van der Waals surface area contributed by atoms with Gasteiger partial charge >= 0.3 is 5.97 Å². The van der Waals surface area contributed by atoms with Gasteiger partial charge in [0.05, 0.1) is 30.3 Å². The second-order valence-electron chi connectivity index (χ2n) is 4.32. The molecule has 0 aliphatic carbocycles. The zero-order chi connectivity index (χ0) is 16.3. The first-order valence-corrected chi connectivity index (χ1v) is 6.45. The van der Waals surface area contributed by atoms with Gasteiger partial charge in [0, 0.05) is 0 Å². The number of aromatic nitrogens is 1. The third-order valence-electron chi connectivity index (χ3n) is 3.00. The van der Waals surface area contributed by atoms with Crippen molar-refractivity contribution in [3.05, 3.63) is 39.6 Å². The normalized spacial score (nSPS) is 10.3. The number of esters is 1. The minimum absolute atomic E-state index is 0.0744. The van der Waals surface area contributed by atoms with E-state index in [1.165, 1.54) is 26.2 Å². The molecule has 116 valence electrons. The van der Waals surface area contributed by atoms with Gasteiger partial charge in [-0.25, -0.2) is 4.79 Å². The first kappa shape index (κ1) is 15.5. The summed E-state index contributed by atoms with van der Waals surface area (Å²) in [4.78, 5) is 22.7. The summed E-state index contributed by atoms with van der Waals surface area (Å²) in [5.74, 6) is -0.0757. The molecule has 0 amide bonds. The highest BCUT2D eigenvalue weighted by molar-refractivity contribution is 5.98. The molecule has 0 fully saturated rings. The highest BCUT2D eigenvalue weighted by atomic mass is 16.6. The van der Waals surface area contributed by atoms with E-state index in [0.29, 0.717) is 5.75 Å². The van der Waals surface area contributed by atoms with Crippen molar-refractivity contribution in [3.63, 3.8) is 0 Å². The average molecular weight is 306 g/mol. The van der Waals surface area contributed by atoms with Crippen LogP contribution in [0.5, 0.6) is 5.75 Å². The van der Waals surface area contributed by atoms with Gasteiger partial charge in [0.25, 0.3) is 5.69 Å². The van der Waals surface area contributed by atoms with E-state index in [1.807, 2.05) is 0 Å². The lowest BCUT2D eigenvalue weighted by Gasteiger charge is -2.05. The van der Waals surface area contributed by atoms with Crippen molar-refractivity contribution in [2.24, 2.45) is 0 Å². The number of nitrogens with zero attached hydrogens (tertiary/aromatic N) is 2. The highest BCUT2D eigenvalue weighted by Gasteiger charge is 2.28. The van der Waals surface area contributed by atoms with E-state index in [-0.39, 0.29) is 34.9 Å². The number of carbonyl (C=O) groups is 1. The lowest BCUT2D eigenvalue weighted by molar-refractivity contribution is -0.384. The Labute approximate surface area is 125 Å². The smallest absolute Gasteiger partial charge is 0.344 e.